The number of halogens is 1. The fourth-order valence-corrected chi connectivity index (χ4v) is 5.95. The number of nitrogens with zero attached hydrogens (tertiary/aromatic N) is 5. The second-order valence-corrected chi connectivity index (χ2v) is 11.1. The molecule has 2 aliphatic heterocycles. The largest absolute Gasteiger partial charge is 0.387 e. The lowest BCUT2D eigenvalue weighted by atomic mass is 10.0. The lowest BCUT2D eigenvalue weighted by molar-refractivity contribution is -0.0612. The van der Waals surface area contributed by atoms with Crippen LogP contribution in [0.25, 0.3) is 11.2 Å². The number of hydrogen-bond donors (Lipinski definition) is 4. The SMILES string of the molecule is N#Cc1c(Cl)nc2c(ncn2[C@@H]2O[C@H](COCP(=O)(O)O)[C@@H](O)[C@H]2O)c1N1CC2CCCC2C1. The summed E-state index contributed by atoms with van der Waals surface area (Å²) >= 11 is 6.40. The van der Waals surface area contributed by atoms with E-state index in [1.165, 1.54) is 17.3 Å². The minimum absolute atomic E-state index is 0.0124. The Hall–Kier alpha value is -1.81. The standard InChI is InChI=1S/C20H25ClN5O7P/c21-18-12(4-22)15(25-5-10-2-1-3-11(10)6-25)14-19(24-18)26(8-23-14)20-17(28)16(27)13(33-20)7-32-9-34(29,30)31/h8,10-11,13,16-17,20,27-28H,1-3,5-7,9H2,(H2,29,30,31)/t10?,11?,13-,16-,17-,20-/m1/s1. The molecule has 0 spiro atoms. The highest BCUT2D eigenvalue weighted by atomic mass is 35.5. The van der Waals surface area contributed by atoms with Crippen LogP contribution in [0.5, 0.6) is 0 Å². The van der Waals surface area contributed by atoms with E-state index in [-0.39, 0.29) is 17.3 Å². The Morgan fingerprint density at radius 3 is 2.62 bits per heavy atom. The molecule has 14 heteroatoms. The molecule has 2 unspecified atom stereocenters. The molecular formula is C20H25ClN5O7P. The predicted octanol–water partition coefficient (Wildman–Crippen LogP) is 0.964. The number of nitriles is 1. The minimum atomic E-state index is -4.38. The van der Waals surface area contributed by atoms with Crippen LogP contribution in [0.1, 0.15) is 31.1 Å². The van der Waals surface area contributed by atoms with Gasteiger partial charge in [0.05, 0.1) is 18.6 Å². The summed E-state index contributed by atoms with van der Waals surface area (Å²) in [6.07, 6.45) is -0.763. The van der Waals surface area contributed by atoms with E-state index in [1.807, 2.05) is 0 Å². The van der Waals surface area contributed by atoms with Crippen molar-refractivity contribution in [3.63, 3.8) is 0 Å². The van der Waals surface area contributed by atoms with E-state index in [2.05, 4.69) is 20.9 Å². The van der Waals surface area contributed by atoms with Crippen LogP contribution < -0.4 is 4.90 Å². The fraction of sp³-hybridized carbons (Fsp3) is 0.650. The number of aliphatic hydroxyl groups is 2. The summed E-state index contributed by atoms with van der Waals surface area (Å²) in [6.45, 7) is 1.28. The summed E-state index contributed by atoms with van der Waals surface area (Å²) in [5, 5.41) is 30.8. The molecule has 184 valence electrons. The maximum absolute atomic E-state index is 11.0. The van der Waals surface area contributed by atoms with Crippen molar-refractivity contribution in [3.05, 3.63) is 17.0 Å². The van der Waals surface area contributed by atoms with Crippen molar-refractivity contribution in [2.75, 3.05) is 30.9 Å². The topological polar surface area (TPSA) is 174 Å². The van der Waals surface area contributed by atoms with Crippen molar-refractivity contribution in [2.45, 2.75) is 43.8 Å². The summed E-state index contributed by atoms with van der Waals surface area (Å²) < 4.78 is 23.2. The number of rotatable bonds is 6. The van der Waals surface area contributed by atoms with E-state index in [1.54, 1.807) is 0 Å². The molecule has 2 aromatic heterocycles. The van der Waals surface area contributed by atoms with Crippen molar-refractivity contribution in [1.82, 2.24) is 14.5 Å². The molecule has 12 nitrogen and oxygen atoms in total. The molecule has 34 heavy (non-hydrogen) atoms. The molecule has 1 saturated carbocycles. The lowest BCUT2D eigenvalue weighted by Crippen LogP contribution is -2.34. The number of imidazole rings is 1. The molecule has 0 amide bonds. The second kappa shape index (κ2) is 9.00. The number of ether oxygens (including phenoxy) is 2. The Labute approximate surface area is 199 Å². The van der Waals surface area contributed by atoms with Crippen LogP contribution in [0.4, 0.5) is 5.69 Å². The molecule has 1 aliphatic carbocycles. The van der Waals surface area contributed by atoms with Crippen molar-refractivity contribution in [3.8, 4) is 6.07 Å². The zero-order valence-electron chi connectivity index (χ0n) is 18.1. The average molecular weight is 514 g/mol. The maximum atomic E-state index is 11.0. The first kappa shape index (κ1) is 23.9. The predicted molar refractivity (Wildman–Crippen MR) is 119 cm³/mol. The molecule has 4 N–H and O–H groups in total. The lowest BCUT2D eigenvalue weighted by Gasteiger charge is -2.22. The number of pyridine rings is 1. The van der Waals surface area contributed by atoms with Gasteiger partial charge in [0, 0.05) is 13.1 Å². The van der Waals surface area contributed by atoms with Gasteiger partial charge in [0.1, 0.15) is 41.8 Å². The molecule has 4 heterocycles. The molecule has 3 fully saturated rings. The monoisotopic (exact) mass is 513 g/mol. The molecule has 2 saturated heterocycles. The Balaban J connectivity index is 1.45. The first-order valence-corrected chi connectivity index (χ1v) is 13.2. The zero-order chi connectivity index (χ0) is 24.2. The Morgan fingerprint density at radius 1 is 1.26 bits per heavy atom. The number of aromatic nitrogens is 3. The summed E-state index contributed by atoms with van der Waals surface area (Å²) in [4.78, 5) is 28.8. The summed E-state index contributed by atoms with van der Waals surface area (Å²) in [6, 6.07) is 2.15. The van der Waals surface area contributed by atoms with Crippen molar-refractivity contribution in [1.29, 1.82) is 5.26 Å². The average Bonchev–Trinajstić information content (AvgIpc) is 3.52. The van der Waals surface area contributed by atoms with Gasteiger partial charge in [-0.1, -0.05) is 18.0 Å². The smallest absolute Gasteiger partial charge is 0.350 e. The van der Waals surface area contributed by atoms with Crippen LogP contribution >= 0.6 is 19.2 Å². The molecule has 6 atom stereocenters. The highest BCUT2D eigenvalue weighted by Crippen LogP contribution is 2.44. The van der Waals surface area contributed by atoms with Gasteiger partial charge < -0.3 is 34.4 Å². The molecule has 2 aromatic rings. The minimum Gasteiger partial charge on any atom is -0.387 e. The first-order valence-electron chi connectivity index (χ1n) is 11.0. The first-order chi connectivity index (χ1) is 16.2. The van der Waals surface area contributed by atoms with Crippen LogP contribution in [-0.2, 0) is 14.0 Å². The maximum Gasteiger partial charge on any atom is 0.350 e. The number of fused-ring (bicyclic) bond motifs is 2. The Morgan fingerprint density at radius 2 is 1.97 bits per heavy atom. The van der Waals surface area contributed by atoms with Gasteiger partial charge in [-0.05, 0) is 24.7 Å². The Bertz CT molecular complexity index is 1170. The third kappa shape index (κ3) is 4.21. The third-order valence-electron chi connectivity index (χ3n) is 6.95. The van der Waals surface area contributed by atoms with Gasteiger partial charge >= 0.3 is 7.60 Å². The normalized spacial score (nSPS) is 31.4. The summed E-state index contributed by atoms with van der Waals surface area (Å²) in [5.41, 5.74) is 1.60. The van der Waals surface area contributed by atoms with Gasteiger partial charge in [-0.25, -0.2) is 9.97 Å². The molecule has 0 radical (unpaired) electrons. The number of anilines is 1. The third-order valence-corrected chi connectivity index (χ3v) is 7.74. The summed E-state index contributed by atoms with van der Waals surface area (Å²) in [7, 11) is -4.38. The van der Waals surface area contributed by atoms with E-state index >= 15 is 0 Å². The Kier molecular flexibility index (Phi) is 6.33. The molecule has 3 aliphatic rings. The van der Waals surface area contributed by atoms with Crippen LogP contribution in [-0.4, -0.2) is 78.9 Å². The highest BCUT2D eigenvalue weighted by Gasteiger charge is 2.45. The quantitative estimate of drug-likeness (QED) is 0.320. The van der Waals surface area contributed by atoms with Gasteiger partial charge in [-0.15, -0.1) is 0 Å². The van der Waals surface area contributed by atoms with Gasteiger partial charge in [-0.3, -0.25) is 9.13 Å². The summed E-state index contributed by atoms with van der Waals surface area (Å²) in [5.74, 6) is 1.14. The molecule has 0 aromatic carbocycles. The molecular weight excluding hydrogens is 489 g/mol. The highest BCUT2D eigenvalue weighted by molar-refractivity contribution is 7.51. The van der Waals surface area contributed by atoms with Gasteiger partial charge in [0.25, 0.3) is 0 Å². The van der Waals surface area contributed by atoms with E-state index in [9.17, 15) is 20.0 Å². The van der Waals surface area contributed by atoms with Crippen LogP contribution in [0, 0.1) is 23.2 Å². The number of aliphatic hydroxyl groups excluding tert-OH is 2. The van der Waals surface area contributed by atoms with Crippen molar-refractivity contribution >= 4 is 36.0 Å². The number of hydrogen-bond acceptors (Lipinski definition) is 9. The van der Waals surface area contributed by atoms with Crippen LogP contribution in [0.2, 0.25) is 5.15 Å². The van der Waals surface area contributed by atoms with Crippen molar-refractivity contribution in [2.24, 2.45) is 11.8 Å². The van der Waals surface area contributed by atoms with Gasteiger partial charge in [0.2, 0.25) is 0 Å². The van der Waals surface area contributed by atoms with E-state index < -0.39 is 38.5 Å². The second-order valence-electron chi connectivity index (χ2n) is 9.13. The van der Waals surface area contributed by atoms with E-state index in [4.69, 9.17) is 30.9 Å². The molecule has 0 bridgehead atoms. The van der Waals surface area contributed by atoms with Gasteiger partial charge in [-0.2, -0.15) is 5.26 Å². The van der Waals surface area contributed by atoms with E-state index in [0.717, 1.165) is 25.9 Å². The van der Waals surface area contributed by atoms with Gasteiger partial charge in [0.15, 0.2) is 17.0 Å². The molecule has 5 rings (SSSR count). The fourth-order valence-electron chi connectivity index (χ4n) is 5.39. The zero-order valence-corrected chi connectivity index (χ0v) is 19.7. The van der Waals surface area contributed by atoms with Crippen molar-refractivity contribution < 1.29 is 34.0 Å². The van der Waals surface area contributed by atoms with Crippen LogP contribution in [0.3, 0.4) is 0 Å². The van der Waals surface area contributed by atoms with E-state index in [0.29, 0.717) is 28.7 Å². The van der Waals surface area contributed by atoms with Crippen LogP contribution in [0.15, 0.2) is 6.33 Å².